The van der Waals surface area contributed by atoms with Gasteiger partial charge in [-0.25, -0.2) is 4.98 Å². The van der Waals surface area contributed by atoms with E-state index < -0.39 is 0 Å². The van der Waals surface area contributed by atoms with Crippen molar-refractivity contribution >= 4 is 45.9 Å². The molecule has 5 aromatic rings. The molecule has 1 amide bonds. The lowest BCUT2D eigenvalue weighted by Gasteiger charge is -2.05. The number of aromatic nitrogens is 1. The number of nitrogens with zero attached hydrogens (tertiary/aromatic N) is 1. The van der Waals surface area contributed by atoms with Crippen molar-refractivity contribution in [3.8, 4) is 22.8 Å². The Balaban J connectivity index is 1.37. The predicted octanol–water partition coefficient (Wildman–Crippen LogP) is 8.44. The fourth-order valence-electron chi connectivity index (χ4n) is 3.64. The maximum atomic E-state index is 12.8. The largest absolute Gasteiger partial charge is 0.451 e. The Labute approximate surface area is 206 Å². The van der Waals surface area contributed by atoms with E-state index in [9.17, 15) is 4.79 Å². The zero-order valence-electron chi connectivity index (χ0n) is 18.4. The van der Waals surface area contributed by atoms with Gasteiger partial charge in [-0.05, 0) is 72.1 Å². The van der Waals surface area contributed by atoms with Gasteiger partial charge in [0.05, 0.1) is 5.02 Å². The molecule has 1 N–H and O–H groups in total. The van der Waals surface area contributed by atoms with Crippen molar-refractivity contribution in [2.24, 2.45) is 0 Å². The lowest BCUT2D eigenvalue weighted by molar-refractivity contribution is 0.0997. The number of carbonyl (C=O) groups excluding carboxylic acids is 1. The minimum absolute atomic E-state index is 0.152. The van der Waals surface area contributed by atoms with Crippen LogP contribution in [0.4, 0.5) is 5.69 Å². The minimum atomic E-state index is -0.388. The first-order chi connectivity index (χ1) is 16.4. The average Bonchev–Trinajstić information content (AvgIpc) is 3.48. The molecule has 5 rings (SSSR count). The molecule has 5 nitrogen and oxygen atoms in total. The van der Waals surface area contributed by atoms with Gasteiger partial charge in [-0.15, -0.1) is 0 Å². The summed E-state index contributed by atoms with van der Waals surface area (Å²) in [5.41, 5.74) is 4.68. The maximum absolute atomic E-state index is 12.8. The fraction of sp³-hybridized carbons (Fsp3) is 0.111. The molecule has 0 fully saturated rings. The molecule has 0 saturated heterocycles. The zero-order chi connectivity index (χ0) is 23.8. The van der Waals surface area contributed by atoms with Crippen molar-refractivity contribution in [2.45, 2.75) is 19.8 Å². The Kier molecular flexibility index (Phi) is 5.90. The van der Waals surface area contributed by atoms with Crippen molar-refractivity contribution in [1.29, 1.82) is 0 Å². The Bertz CT molecular complexity index is 1520. The molecule has 2 heterocycles. The van der Waals surface area contributed by atoms with Gasteiger partial charge < -0.3 is 14.2 Å². The van der Waals surface area contributed by atoms with Gasteiger partial charge in [0.15, 0.2) is 11.3 Å². The number of oxazole rings is 1. The number of nitrogens with one attached hydrogen (secondary N) is 1. The molecule has 0 aliphatic rings. The van der Waals surface area contributed by atoms with Crippen molar-refractivity contribution in [3.63, 3.8) is 0 Å². The topological polar surface area (TPSA) is 68.3 Å². The van der Waals surface area contributed by atoms with E-state index in [1.54, 1.807) is 36.4 Å². The van der Waals surface area contributed by atoms with Gasteiger partial charge in [-0.1, -0.05) is 49.2 Å². The number of furan rings is 1. The number of hydrogen-bond acceptors (Lipinski definition) is 4. The number of rotatable bonds is 5. The lowest BCUT2D eigenvalue weighted by Crippen LogP contribution is -2.10. The van der Waals surface area contributed by atoms with Gasteiger partial charge >= 0.3 is 0 Å². The number of fused-ring (bicyclic) bond motifs is 1. The second-order valence-corrected chi connectivity index (χ2v) is 9.07. The first-order valence-corrected chi connectivity index (χ1v) is 11.5. The Hall–Kier alpha value is -3.54. The summed E-state index contributed by atoms with van der Waals surface area (Å²) in [5, 5.41) is 3.87. The van der Waals surface area contributed by atoms with E-state index in [2.05, 4.69) is 24.1 Å². The van der Waals surface area contributed by atoms with Crippen LogP contribution in [0.2, 0.25) is 10.0 Å². The molecule has 170 valence electrons. The molecule has 0 spiro atoms. The number of halogens is 2. The molecule has 34 heavy (non-hydrogen) atoms. The second-order valence-electron chi connectivity index (χ2n) is 8.22. The van der Waals surface area contributed by atoms with Crippen LogP contribution in [-0.4, -0.2) is 10.9 Å². The summed E-state index contributed by atoms with van der Waals surface area (Å²) in [5.74, 6) is 1.11. The highest BCUT2D eigenvalue weighted by molar-refractivity contribution is 6.35. The number of benzene rings is 3. The van der Waals surface area contributed by atoms with Gasteiger partial charge in [0, 0.05) is 21.8 Å². The van der Waals surface area contributed by atoms with E-state index in [0.717, 1.165) is 16.7 Å². The van der Waals surface area contributed by atoms with Crippen LogP contribution < -0.4 is 5.32 Å². The summed E-state index contributed by atoms with van der Waals surface area (Å²) in [7, 11) is 0. The van der Waals surface area contributed by atoms with Crippen LogP contribution in [0.3, 0.4) is 0 Å². The molecular weight excluding hydrogens is 471 g/mol. The monoisotopic (exact) mass is 490 g/mol. The number of anilines is 1. The van der Waals surface area contributed by atoms with E-state index in [1.807, 2.05) is 36.4 Å². The van der Waals surface area contributed by atoms with Crippen LogP contribution in [0.1, 0.15) is 35.9 Å². The highest BCUT2D eigenvalue weighted by atomic mass is 35.5. The zero-order valence-corrected chi connectivity index (χ0v) is 19.9. The highest BCUT2D eigenvalue weighted by Gasteiger charge is 2.16. The third kappa shape index (κ3) is 4.45. The Morgan fingerprint density at radius 2 is 1.79 bits per heavy atom. The molecule has 0 bridgehead atoms. The summed E-state index contributed by atoms with van der Waals surface area (Å²) in [6, 6.07) is 21.7. The quantitative estimate of drug-likeness (QED) is 0.268. The number of amides is 1. The average molecular weight is 491 g/mol. The molecule has 0 radical (unpaired) electrons. The maximum Gasteiger partial charge on any atom is 0.291 e. The summed E-state index contributed by atoms with van der Waals surface area (Å²) in [6.45, 7) is 4.28. The van der Waals surface area contributed by atoms with Crippen LogP contribution in [0, 0.1) is 0 Å². The molecule has 0 saturated carbocycles. The smallest absolute Gasteiger partial charge is 0.291 e. The van der Waals surface area contributed by atoms with Crippen molar-refractivity contribution in [1.82, 2.24) is 4.98 Å². The second kappa shape index (κ2) is 9.01. The Morgan fingerprint density at radius 3 is 2.62 bits per heavy atom. The third-order valence-corrected chi connectivity index (χ3v) is 6.03. The number of carbonyl (C=O) groups is 1. The molecular formula is C27H20Cl2N2O3. The van der Waals surface area contributed by atoms with Crippen LogP contribution in [-0.2, 0) is 0 Å². The van der Waals surface area contributed by atoms with E-state index in [-0.39, 0.29) is 11.7 Å². The van der Waals surface area contributed by atoms with Crippen molar-refractivity contribution in [3.05, 3.63) is 94.2 Å². The molecule has 3 aromatic carbocycles. The van der Waals surface area contributed by atoms with Crippen LogP contribution in [0.25, 0.3) is 33.9 Å². The molecule has 7 heteroatoms. The van der Waals surface area contributed by atoms with Crippen molar-refractivity contribution < 1.29 is 13.6 Å². The van der Waals surface area contributed by atoms with Crippen LogP contribution in [0.15, 0.2) is 81.6 Å². The first kappa shape index (κ1) is 22.3. The normalized spacial score (nSPS) is 11.3. The summed E-state index contributed by atoms with van der Waals surface area (Å²) < 4.78 is 11.7. The van der Waals surface area contributed by atoms with Crippen LogP contribution in [0.5, 0.6) is 0 Å². The SMILES string of the molecule is CC(C)c1ccc2oc(-c3cccc(NC(=O)c4ccc(-c5cc(Cl)ccc5Cl)o4)c3)nc2c1. The number of hydrogen-bond donors (Lipinski definition) is 1. The predicted molar refractivity (Wildman–Crippen MR) is 136 cm³/mol. The minimum Gasteiger partial charge on any atom is -0.451 e. The Morgan fingerprint density at radius 1 is 0.941 bits per heavy atom. The highest BCUT2D eigenvalue weighted by Crippen LogP contribution is 2.32. The summed E-state index contributed by atoms with van der Waals surface area (Å²) in [4.78, 5) is 17.4. The molecule has 0 aliphatic heterocycles. The van der Waals surface area contributed by atoms with Crippen LogP contribution >= 0.6 is 23.2 Å². The lowest BCUT2D eigenvalue weighted by atomic mass is 10.0. The molecule has 0 unspecified atom stereocenters. The van der Waals surface area contributed by atoms with Gasteiger partial charge in [-0.3, -0.25) is 4.79 Å². The van der Waals surface area contributed by atoms with Gasteiger partial charge in [-0.2, -0.15) is 0 Å². The van der Waals surface area contributed by atoms with Gasteiger partial charge in [0.2, 0.25) is 5.89 Å². The van der Waals surface area contributed by atoms with E-state index in [1.165, 1.54) is 5.56 Å². The van der Waals surface area contributed by atoms with E-state index in [4.69, 9.17) is 32.0 Å². The molecule has 2 aromatic heterocycles. The standard InChI is InChI=1S/C27H20Cl2N2O3/c1-15(2)16-6-9-24-22(13-16)31-27(34-24)17-4-3-5-19(12-17)30-26(32)25-11-10-23(33-25)20-14-18(28)7-8-21(20)29/h3-15H,1-2H3,(H,30,32). The van der Waals surface area contributed by atoms with E-state index >= 15 is 0 Å². The third-order valence-electron chi connectivity index (χ3n) is 5.47. The summed E-state index contributed by atoms with van der Waals surface area (Å²) >= 11 is 12.3. The summed E-state index contributed by atoms with van der Waals surface area (Å²) in [6.07, 6.45) is 0. The fourth-order valence-corrected chi connectivity index (χ4v) is 4.02. The van der Waals surface area contributed by atoms with Crippen molar-refractivity contribution in [2.75, 3.05) is 5.32 Å². The molecule has 0 aliphatic carbocycles. The van der Waals surface area contributed by atoms with E-state index in [0.29, 0.717) is 38.9 Å². The van der Waals surface area contributed by atoms with Gasteiger partial charge in [0.25, 0.3) is 5.91 Å². The van der Waals surface area contributed by atoms with Gasteiger partial charge in [0.1, 0.15) is 11.3 Å². The molecule has 0 atom stereocenters. The first-order valence-electron chi connectivity index (χ1n) is 10.7.